The molecule has 3 N–H and O–H groups in total. The van der Waals surface area contributed by atoms with E-state index in [1.807, 2.05) is 30.3 Å². The van der Waals surface area contributed by atoms with Gasteiger partial charge in [0.05, 0.1) is 23.9 Å². The number of aliphatic hydroxyl groups is 2. The zero-order valence-corrected chi connectivity index (χ0v) is 15.2. The molecule has 1 aromatic heterocycles. The standard InChI is InChI=1S/C20H22N2O2.ClH/c1-13-7-8-15(9-14(13)2)19-10-20(21-11-16(24)12-23)17-5-3-4-6-18(17)22-19;/h3-10,16,23-24H,11-12H2,1-2H3,(H,21,22);1H. The molecule has 5 heteroatoms. The molecule has 0 aliphatic carbocycles. The highest BCUT2D eigenvalue weighted by atomic mass is 35.5. The predicted molar refractivity (Wildman–Crippen MR) is 105 cm³/mol. The smallest absolute Gasteiger partial charge is 0.0942 e. The van der Waals surface area contributed by atoms with Gasteiger partial charge in [-0.1, -0.05) is 30.3 Å². The van der Waals surface area contributed by atoms with E-state index in [1.165, 1.54) is 11.1 Å². The van der Waals surface area contributed by atoms with E-state index >= 15 is 0 Å². The quantitative estimate of drug-likeness (QED) is 0.650. The van der Waals surface area contributed by atoms with Crippen LogP contribution < -0.4 is 5.32 Å². The third-order valence-corrected chi connectivity index (χ3v) is 4.26. The Labute approximate surface area is 154 Å². The molecule has 0 amide bonds. The lowest BCUT2D eigenvalue weighted by atomic mass is 10.0. The van der Waals surface area contributed by atoms with Crippen LogP contribution in [-0.4, -0.2) is 34.5 Å². The maximum absolute atomic E-state index is 9.62. The van der Waals surface area contributed by atoms with Crippen LogP contribution in [0.5, 0.6) is 0 Å². The minimum Gasteiger partial charge on any atom is -0.394 e. The maximum atomic E-state index is 9.62. The van der Waals surface area contributed by atoms with Gasteiger partial charge in [-0.15, -0.1) is 12.4 Å². The number of nitrogens with one attached hydrogen (secondary N) is 1. The van der Waals surface area contributed by atoms with E-state index in [4.69, 9.17) is 10.1 Å². The summed E-state index contributed by atoms with van der Waals surface area (Å²) in [5.74, 6) is 0. The van der Waals surface area contributed by atoms with Crippen LogP contribution in [0.25, 0.3) is 22.2 Å². The molecular weight excluding hydrogens is 336 g/mol. The fraction of sp³-hybridized carbons (Fsp3) is 0.250. The molecule has 3 aromatic rings. The molecule has 0 aliphatic heterocycles. The van der Waals surface area contributed by atoms with E-state index in [-0.39, 0.29) is 25.6 Å². The first-order valence-electron chi connectivity index (χ1n) is 8.08. The largest absolute Gasteiger partial charge is 0.394 e. The van der Waals surface area contributed by atoms with Crippen LogP contribution in [0.3, 0.4) is 0 Å². The summed E-state index contributed by atoms with van der Waals surface area (Å²) in [5.41, 5.74) is 6.24. The van der Waals surface area contributed by atoms with Crippen molar-refractivity contribution in [3.05, 3.63) is 59.7 Å². The number of hydrogen-bond acceptors (Lipinski definition) is 4. The van der Waals surface area contributed by atoms with Crippen molar-refractivity contribution in [3.8, 4) is 11.3 Å². The molecular formula is C20H23ClN2O2. The Balaban J connectivity index is 0.00000225. The summed E-state index contributed by atoms with van der Waals surface area (Å²) in [6, 6.07) is 16.2. The van der Waals surface area contributed by atoms with Gasteiger partial charge in [0, 0.05) is 23.2 Å². The van der Waals surface area contributed by atoms with Crippen LogP contribution in [0.2, 0.25) is 0 Å². The molecule has 1 heterocycles. The molecule has 0 bridgehead atoms. The second-order valence-electron chi connectivity index (χ2n) is 6.09. The van der Waals surface area contributed by atoms with Crippen LogP contribution in [0, 0.1) is 13.8 Å². The molecule has 1 atom stereocenters. The lowest BCUT2D eigenvalue weighted by Crippen LogP contribution is -2.23. The first-order chi connectivity index (χ1) is 11.6. The Morgan fingerprint density at radius 3 is 2.52 bits per heavy atom. The van der Waals surface area contributed by atoms with Crippen molar-refractivity contribution in [2.24, 2.45) is 0 Å². The van der Waals surface area contributed by atoms with Crippen molar-refractivity contribution in [1.29, 1.82) is 0 Å². The fourth-order valence-corrected chi connectivity index (χ4v) is 2.66. The number of aryl methyl sites for hydroxylation is 2. The highest BCUT2D eigenvalue weighted by Crippen LogP contribution is 2.29. The summed E-state index contributed by atoms with van der Waals surface area (Å²) < 4.78 is 0. The number of pyridine rings is 1. The molecule has 0 saturated carbocycles. The van der Waals surface area contributed by atoms with Gasteiger partial charge < -0.3 is 15.5 Å². The van der Waals surface area contributed by atoms with Gasteiger partial charge >= 0.3 is 0 Å². The molecule has 0 saturated heterocycles. The first kappa shape index (κ1) is 19.2. The molecule has 1 unspecified atom stereocenters. The summed E-state index contributed by atoms with van der Waals surface area (Å²) in [7, 11) is 0. The van der Waals surface area contributed by atoms with Crippen LogP contribution in [0.4, 0.5) is 5.69 Å². The number of anilines is 1. The Morgan fingerprint density at radius 2 is 1.80 bits per heavy atom. The number of rotatable bonds is 5. The number of halogens is 1. The SMILES string of the molecule is Cc1ccc(-c2cc(NCC(O)CO)c3ccccc3n2)cc1C.Cl. The Bertz CT molecular complexity index is 867. The average molecular weight is 359 g/mol. The topological polar surface area (TPSA) is 65.4 Å². The summed E-state index contributed by atoms with van der Waals surface area (Å²) in [5, 5.41) is 22.8. The highest BCUT2D eigenvalue weighted by Gasteiger charge is 2.09. The average Bonchev–Trinajstić information content (AvgIpc) is 2.61. The number of nitrogens with zero attached hydrogens (tertiary/aromatic N) is 1. The van der Waals surface area contributed by atoms with Crippen LogP contribution in [0.15, 0.2) is 48.5 Å². The van der Waals surface area contributed by atoms with Gasteiger partial charge in [0.25, 0.3) is 0 Å². The Morgan fingerprint density at radius 1 is 1.04 bits per heavy atom. The van der Waals surface area contributed by atoms with Crippen molar-refractivity contribution in [2.45, 2.75) is 20.0 Å². The van der Waals surface area contributed by atoms with E-state index in [2.05, 4.69) is 37.4 Å². The summed E-state index contributed by atoms with van der Waals surface area (Å²) in [6.45, 7) is 4.21. The molecule has 0 spiro atoms. The van der Waals surface area contributed by atoms with E-state index in [0.717, 1.165) is 27.8 Å². The number of aliphatic hydroxyl groups excluding tert-OH is 2. The minimum atomic E-state index is -0.790. The fourth-order valence-electron chi connectivity index (χ4n) is 2.66. The van der Waals surface area contributed by atoms with Crippen LogP contribution in [-0.2, 0) is 0 Å². The highest BCUT2D eigenvalue weighted by molar-refractivity contribution is 5.93. The Hall–Kier alpha value is -2.14. The molecule has 3 rings (SSSR count). The number of hydrogen-bond donors (Lipinski definition) is 3. The van der Waals surface area contributed by atoms with Gasteiger partial charge in [-0.3, -0.25) is 0 Å². The minimum absolute atomic E-state index is 0. The van der Waals surface area contributed by atoms with E-state index in [9.17, 15) is 5.11 Å². The summed E-state index contributed by atoms with van der Waals surface area (Å²) in [6.07, 6.45) is -0.790. The molecule has 0 radical (unpaired) electrons. The van der Waals surface area contributed by atoms with Crippen molar-refractivity contribution in [2.75, 3.05) is 18.5 Å². The van der Waals surface area contributed by atoms with Crippen molar-refractivity contribution >= 4 is 29.0 Å². The van der Waals surface area contributed by atoms with Gasteiger partial charge in [0.15, 0.2) is 0 Å². The van der Waals surface area contributed by atoms with E-state index < -0.39 is 6.10 Å². The molecule has 0 aliphatic rings. The molecule has 4 nitrogen and oxygen atoms in total. The van der Waals surface area contributed by atoms with Crippen LogP contribution in [0.1, 0.15) is 11.1 Å². The maximum Gasteiger partial charge on any atom is 0.0942 e. The number of para-hydroxylation sites is 1. The van der Waals surface area contributed by atoms with Crippen LogP contribution >= 0.6 is 12.4 Å². The lowest BCUT2D eigenvalue weighted by molar-refractivity contribution is 0.105. The van der Waals surface area contributed by atoms with E-state index in [1.54, 1.807) is 0 Å². The Kier molecular flexibility index (Phi) is 6.37. The second kappa shape index (κ2) is 8.30. The zero-order valence-electron chi connectivity index (χ0n) is 14.4. The van der Waals surface area contributed by atoms with Crippen molar-refractivity contribution < 1.29 is 10.2 Å². The second-order valence-corrected chi connectivity index (χ2v) is 6.09. The van der Waals surface area contributed by atoms with Gasteiger partial charge in [-0.05, 0) is 43.2 Å². The normalized spacial score (nSPS) is 11.8. The molecule has 2 aromatic carbocycles. The van der Waals surface area contributed by atoms with Gasteiger partial charge in [-0.2, -0.15) is 0 Å². The molecule has 0 fully saturated rings. The third-order valence-electron chi connectivity index (χ3n) is 4.26. The number of aromatic nitrogens is 1. The lowest BCUT2D eigenvalue weighted by Gasteiger charge is -2.14. The molecule has 25 heavy (non-hydrogen) atoms. The number of benzene rings is 2. The van der Waals surface area contributed by atoms with Gasteiger partial charge in [0.2, 0.25) is 0 Å². The monoisotopic (exact) mass is 358 g/mol. The summed E-state index contributed by atoms with van der Waals surface area (Å²) in [4.78, 5) is 4.77. The summed E-state index contributed by atoms with van der Waals surface area (Å²) >= 11 is 0. The van der Waals surface area contributed by atoms with Crippen molar-refractivity contribution in [3.63, 3.8) is 0 Å². The first-order valence-corrected chi connectivity index (χ1v) is 8.08. The van der Waals surface area contributed by atoms with E-state index in [0.29, 0.717) is 0 Å². The van der Waals surface area contributed by atoms with Gasteiger partial charge in [-0.25, -0.2) is 4.98 Å². The van der Waals surface area contributed by atoms with Crippen molar-refractivity contribution in [1.82, 2.24) is 4.98 Å². The molecule has 132 valence electrons. The van der Waals surface area contributed by atoms with Gasteiger partial charge in [0.1, 0.15) is 0 Å². The zero-order chi connectivity index (χ0) is 17.1. The number of fused-ring (bicyclic) bond motifs is 1. The third kappa shape index (κ3) is 4.28. The predicted octanol–water partition coefficient (Wildman–Crippen LogP) is 3.71.